The zero-order valence-corrected chi connectivity index (χ0v) is 17.3. The number of benzene rings is 2. The molecule has 0 aliphatic carbocycles. The lowest BCUT2D eigenvalue weighted by molar-refractivity contribution is -0.152. The van der Waals surface area contributed by atoms with Crippen LogP contribution in [0.2, 0.25) is 5.02 Å². The Hall–Kier alpha value is -2.51. The van der Waals surface area contributed by atoms with E-state index in [4.69, 9.17) is 16.3 Å². The Morgan fingerprint density at radius 3 is 2.00 bits per heavy atom. The van der Waals surface area contributed by atoms with E-state index in [1.165, 1.54) is 25.6 Å². The van der Waals surface area contributed by atoms with E-state index in [0.29, 0.717) is 16.4 Å². The molecule has 0 bridgehead atoms. The molecule has 0 saturated carbocycles. The van der Waals surface area contributed by atoms with Crippen molar-refractivity contribution >= 4 is 52.5 Å². The van der Waals surface area contributed by atoms with Crippen LogP contribution in [0.4, 0.5) is 11.4 Å². The molecule has 148 valence electrons. The molecule has 6 nitrogen and oxygen atoms in total. The van der Waals surface area contributed by atoms with Crippen LogP contribution < -0.4 is 10.6 Å². The molecule has 0 spiro atoms. The lowest BCUT2D eigenvalue weighted by Gasteiger charge is -2.16. The number of rotatable bonds is 7. The number of amides is 2. The van der Waals surface area contributed by atoms with Crippen molar-refractivity contribution in [2.75, 3.05) is 10.6 Å². The van der Waals surface area contributed by atoms with Crippen LogP contribution in [0.1, 0.15) is 20.8 Å². The summed E-state index contributed by atoms with van der Waals surface area (Å²) in [6.07, 6.45) is -0.948. The van der Waals surface area contributed by atoms with Crippen LogP contribution in [0.25, 0.3) is 0 Å². The molecule has 0 unspecified atom stereocenters. The Labute approximate surface area is 173 Å². The average Bonchev–Trinajstić information content (AvgIpc) is 2.64. The predicted molar refractivity (Wildman–Crippen MR) is 112 cm³/mol. The van der Waals surface area contributed by atoms with E-state index in [1.54, 1.807) is 43.3 Å². The molecule has 2 N–H and O–H groups in total. The monoisotopic (exact) mass is 420 g/mol. The summed E-state index contributed by atoms with van der Waals surface area (Å²) in [6.45, 7) is 4.64. The third-order valence-corrected chi connectivity index (χ3v) is 4.94. The average molecular weight is 421 g/mol. The van der Waals surface area contributed by atoms with Gasteiger partial charge in [0.2, 0.25) is 5.91 Å². The van der Waals surface area contributed by atoms with Gasteiger partial charge in [0, 0.05) is 28.2 Å². The number of hydrogen-bond donors (Lipinski definition) is 2. The molecular formula is C20H21ClN2O4S. The van der Waals surface area contributed by atoms with Gasteiger partial charge in [-0.3, -0.25) is 14.4 Å². The second kappa shape index (κ2) is 10.1. The summed E-state index contributed by atoms with van der Waals surface area (Å²) < 4.78 is 5.26. The van der Waals surface area contributed by atoms with Crippen LogP contribution in [0, 0.1) is 0 Å². The van der Waals surface area contributed by atoms with Gasteiger partial charge in [0.25, 0.3) is 5.91 Å². The first-order valence-electron chi connectivity index (χ1n) is 8.56. The van der Waals surface area contributed by atoms with Crippen molar-refractivity contribution in [3.8, 4) is 0 Å². The van der Waals surface area contributed by atoms with E-state index in [1.807, 2.05) is 12.1 Å². The Morgan fingerprint density at radius 1 is 0.929 bits per heavy atom. The molecule has 2 amide bonds. The van der Waals surface area contributed by atoms with Gasteiger partial charge in [-0.25, -0.2) is 0 Å². The van der Waals surface area contributed by atoms with Crippen molar-refractivity contribution in [2.45, 2.75) is 37.0 Å². The van der Waals surface area contributed by atoms with E-state index in [2.05, 4.69) is 10.6 Å². The molecule has 0 saturated heterocycles. The van der Waals surface area contributed by atoms with Gasteiger partial charge in [-0.1, -0.05) is 11.6 Å². The van der Waals surface area contributed by atoms with Crippen LogP contribution in [0.3, 0.4) is 0 Å². The Balaban J connectivity index is 1.85. The van der Waals surface area contributed by atoms with E-state index in [-0.39, 0.29) is 5.91 Å². The predicted octanol–water partition coefficient (Wildman–Crippen LogP) is 4.35. The Bertz CT molecular complexity index is 840. The summed E-state index contributed by atoms with van der Waals surface area (Å²) in [5, 5.41) is 5.45. The number of carbonyl (C=O) groups excluding carboxylic acids is 3. The number of halogens is 1. The highest BCUT2D eigenvalue weighted by Gasteiger charge is 2.22. The second-order valence-corrected chi connectivity index (χ2v) is 7.89. The number of anilines is 2. The van der Waals surface area contributed by atoms with Crippen LogP contribution >= 0.6 is 23.4 Å². The topological polar surface area (TPSA) is 84.5 Å². The molecule has 8 heteroatoms. The first kappa shape index (κ1) is 21.8. The first-order valence-corrected chi connectivity index (χ1v) is 9.81. The smallest absolute Gasteiger partial charge is 0.319 e. The van der Waals surface area contributed by atoms with Gasteiger partial charge in [0.15, 0.2) is 6.10 Å². The first-order chi connectivity index (χ1) is 13.2. The normalized spacial score (nSPS) is 12.6. The maximum absolute atomic E-state index is 12.2. The third kappa shape index (κ3) is 6.90. The van der Waals surface area contributed by atoms with Crippen molar-refractivity contribution in [3.05, 3.63) is 53.6 Å². The van der Waals surface area contributed by atoms with Gasteiger partial charge < -0.3 is 15.4 Å². The van der Waals surface area contributed by atoms with Crippen LogP contribution in [0.15, 0.2) is 53.4 Å². The van der Waals surface area contributed by atoms with Gasteiger partial charge >= 0.3 is 5.97 Å². The van der Waals surface area contributed by atoms with Crippen molar-refractivity contribution in [1.82, 2.24) is 0 Å². The molecule has 2 aromatic carbocycles. The quantitative estimate of drug-likeness (QED) is 0.513. The van der Waals surface area contributed by atoms with Gasteiger partial charge in [-0.2, -0.15) is 0 Å². The number of esters is 1. The Kier molecular flexibility index (Phi) is 7.90. The largest absolute Gasteiger partial charge is 0.452 e. The minimum atomic E-state index is -0.948. The Morgan fingerprint density at radius 2 is 1.46 bits per heavy atom. The molecule has 0 aromatic heterocycles. The molecule has 0 radical (unpaired) electrons. The number of nitrogens with one attached hydrogen (secondary N) is 2. The summed E-state index contributed by atoms with van der Waals surface area (Å²) in [7, 11) is 0. The van der Waals surface area contributed by atoms with Crippen molar-refractivity contribution in [1.29, 1.82) is 0 Å². The summed E-state index contributed by atoms with van der Waals surface area (Å²) in [5.74, 6) is -1.10. The molecule has 0 heterocycles. The van der Waals surface area contributed by atoms with Gasteiger partial charge in [-0.15, -0.1) is 11.8 Å². The van der Waals surface area contributed by atoms with Crippen molar-refractivity contribution in [3.63, 3.8) is 0 Å². The molecule has 28 heavy (non-hydrogen) atoms. The molecular weight excluding hydrogens is 400 g/mol. The van der Waals surface area contributed by atoms with Gasteiger partial charge in [0.05, 0.1) is 0 Å². The molecule has 2 atom stereocenters. The van der Waals surface area contributed by atoms with E-state index >= 15 is 0 Å². The number of thioether (sulfide) groups is 1. The summed E-state index contributed by atoms with van der Waals surface area (Å²) in [6, 6.07) is 13.8. The van der Waals surface area contributed by atoms with Crippen LogP contribution in [-0.2, 0) is 19.1 Å². The number of hydrogen-bond acceptors (Lipinski definition) is 5. The fraction of sp³-hybridized carbons (Fsp3) is 0.250. The summed E-state index contributed by atoms with van der Waals surface area (Å²) >= 11 is 7.17. The van der Waals surface area contributed by atoms with Gasteiger partial charge in [-0.05, 0) is 62.4 Å². The van der Waals surface area contributed by atoms with Gasteiger partial charge in [0.1, 0.15) is 5.25 Å². The number of ether oxygens (including phenoxy) is 1. The lowest BCUT2D eigenvalue weighted by Crippen LogP contribution is -2.32. The lowest BCUT2D eigenvalue weighted by atomic mass is 10.2. The van der Waals surface area contributed by atoms with E-state index in [0.717, 1.165) is 4.90 Å². The van der Waals surface area contributed by atoms with Crippen molar-refractivity contribution < 1.29 is 19.1 Å². The second-order valence-electron chi connectivity index (χ2n) is 6.04. The van der Waals surface area contributed by atoms with Crippen LogP contribution in [0.5, 0.6) is 0 Å². The highest BCUT2D eigenvalue weighted by Crippen LogP contribution is 2.25. The minimum Gasteiger partial charge on any atom is -0.452 e. The zero-order valence-electron chi connectivity index (χ0n) is 15.7. The number of carbonyl (C=O) groups is 3. The standard InChI is InChI=1S/C20H21ClN2O4S/c1-12(19(25)23-17-8-6-16(7-9-17)22-14(3)24)27-20(26)13(2)28-18-10-4-15(21)5-11-18/h4-13H,1-3H3,(H,22,24)(H,23,25)/t12-,13-/m1/s1. The van der Waals surface area contributed by atoms with E-state index in [9.17, 15) is 14.4 Å². The molecule has 0 aliphatic heterocycles. The molecule has 0 aliphatic rings. The fourth-order valence-electron chi connectivity index (χ4n) is 2.17. The molecule has 0 fully saturated rings. The van der Waals surface area contributed by atoms with Crippen molar-refractivity contribution in [2.24, 2.45) is 0 Å². The maximum Gasteiger partial charge on any atom is 0.319 e. The SMILES string of the molecule is CC(=O)Nc1ccc(NC(=O)[C@@H](C)OC(=O)[C@@H](C)Sc2ccc(Cl)cc2)cc1. The highest BCUT2D eigenvalue weighted by atomic mass is 35.5. The fourth-order valence-corrected chi connectivity index (χ4v) is 3.15. The van der Waals surface area contributed by atoms with E-state index < -0.39 is 23.2 Å². The highest BCUT2D eigenvalue weighted by molar-refractivity contribution is 8.00. The van der Waals surface area contributed by atoms with Crippen LogP contribution in [-0.4, -0.2) is 29.1 Å². The molecule has 2 aromatic rings. The maximum atomic E-state index is 12.2. The summed E-state index contributed by atoms with van der Waals surface area (Å²) in [5.41, 5.74) is 1.16. The summed E-state index contributed by atoms with van der Waals surface area (Å²) in [4.78, 5) is 36.4. The molecule has 2 rings (SSSR count). The zero-order chi connectivity index (χ0) is 20.7. The minimum absolute atomic E-state index is 0.178. The third-order valence-electron chi connectivity index (χ3n) is 3.59.